The maximum absolute atomic E-state index is 11.1. The molecular formula is C17H14N2O3. The van der Waals surface area contributed by atoms with Gasteiger partial charge in [-0.25, -0.2) is 0 Å². The lowest BCUT2D eigenvalue weighted by atomic mass is 10.1. The van der Waals surface area contributed by atoms with E-state index in [1.807, 2.05) is 31.2 Å². The normalized spacial score (nSPS) is 10.6. The van der Waals surface area contributed by atoms with E-state index in [9.17, 15) is 10.1 Å². The van der Waals surface area contributed by atoms with E-state index < -0.39 is 0 Å². The van der Waals surface area contributed by atoms with Gasteiger partial charge >= 0.3 is 0 Å². The standard InChI is InChI=1S/C17H14N2O3/c1-12-10-13(8-9-18-12)11-22-17-7-6-16(19(20)21)14-4-2-3-5-15(14)17/h2-10H,11H2,1H3. The molecule has 3 rings (SSSR count). The van der Waals surface area contributed by atoms with Crippen molar-refractivity contribution in [3.63, 3.8) is 0 Å². The highest BCUT2D eigenvalue weighted by atomic mass is 16.6. The van der Waals surface area contributed by atoms with Crippen molar-refractivity contribution in [2.75, 3.05) is 0 Å². The van der Waals surface area contributed by atoms with Crippen molar-refractivity contribution in [3.05, 3.63) is 76.1 Å². The second-order valence-electron chi connectivity index (χ2n) is 4.98. The molecular weight excluding hydrogens is 280 g/mol. The predicted octanol–water partition coefficient (Wildman–Crippen LogP) is 4.03. The number of fused-ring (bicyclic) bond motifs is 1. The van der Waals surface area contributed by atoms with Crippen molar-refractivity contribution >= 4 is 16.5 Å². The lowest BCUT2D eigenvalue weighted by Crippen LogP contribution is -1.98. The maximum atomic E-state index is 11.1. The molecule has 0 unspecified atom stereocenters. The Morgan fingerprint density at radius 2 is 1.91 bits per heavy atom. The van der Waals surface area contributed by atoms with Gasteiger partial charge in [-0.3, -0.25) is 15.1 Å². The molecule has 0 saturated heterocycles. The summed E-state index contributed by atoms with van der Waals surface area (Å²) in [5.74, 6) is 0.635. The van der Waals surface area contributed by atoms with Gasteiger partial charge in [-0.05, 0) is 36.8 Å². The number of hydrogen-bond acceptors (Lipinski definition) is 4. The summed E-state index contributed by atoms with van der Waals surface area (Å²) < 4.78 is 5.84. The third kappa shape index (κ3) is 2.74. The molecule has 0 aliphatic carbocycles. The minimum atomic E-state index is -0.377. The molecule has 1 aromatic heterocycles. The average molecular weight is 294 g/mol. The Balaban J connectivity index is 1.95. The maximum Gasteiger partial charge on any atom is 0.277 e. The summed E-state index contributed by atoms with van der Waals surface area (Å²) in [6.45, 7) is 2.32. The molecule has 0 fully saturated rings. The van der Waals surface area contributed by atoms with Crippen LogP contribution in [0.25, 0.3) is 10.8 Å². The van der Waals surface area contributed by atoms with Gasteiger partial charge in [0.2, 0.25) is 0 Å². The summed E-state index contributed by atoms with van der Waals surface area (Å²) in [6.07, 6.45) is 1.74. The van der Waals surface area contributed by atoms with Gasteiger partial charge in [0.1, 0.15) is 12.4 Å². The van der Waals surface area contributed by atoms with Crippen LogP contribution < -0.4 is 4.74 Å². The monoisotopic (exact) mass is 294 g/mol. The number of rotatable bonds is 4. The number of nitro benzene ring substituents is 1. The van der Waals surface area contributed by atoms with E-state index in [2.05, 4.69) is 4.98 Å². The molecule has 5 nitrogen and oxygen atoms in total. The minimum Gasteiger partial charge on any atom is -0.488 e. The number of aromatic nitrogens is 1. The summed E-state index contributed by atoms with van der Waals surface area (Å²) in [7, 11) is 0. The molecule has 0 spiro atoms. The van der Waals surface area contributed by atoms with Gasteiger partial charge in [0.05, 0.1) is 10.3 Å². The van der Waals surface area contributed by atoms with Gasteiger partial charge in [-0.15, -0.1) is 0 Å². The fourth-order valence-corrected chi connectivity index (χ4v) is 2.40. The van der Waals surface area contributed by atoms with E-state index in [0.717, 1.165) is 16.6 Å². The Kier molecular flexibility index (Phi) is 3.70. The fraction of sp³-hybridized carbons (Fsp3) is 0.118. The van der Waals surface area contributed by atoms with E-state index in [-0.39, 0.29) is 10.6 Å². The summed E-state index contributed by atoms with van der Waals surface area (Å²) in [6, 6.07) is 14.2. The summed E-state index contributed by atoms with van der Waals surface area (Å²) in [4.78, 5) is 14.9. The minimum absolute atomic E-state index is 0.0858. The fourth-order valence-electron chi connectivity index (χ4n) is 2.40. The van der Waals surface area contributed by atoms with Crippen LogP contribution in [0.4, 0.5) is 5.69 Å². The second kappa shape index (κ2) is 5.81. The molecule has 0 atom stereocenters. The number of hydrogen-bond donors (Lipinski definition) is 0. The molecule has 2 aromatic carbocycles. The molecule has 0 bridgehead atoms. The highest BCUT2D eigenvalue weighted by molar-refractivity contribution is 5.95. The quantitative estimate of drug-likeness (QED) is 0.538. The highest BCUT2D eigenvalue weighted by Gasteiger charge is 2.14. The molecule has 110 valence electrons. The predicted molar refractivity (Wildman–Crippen MR) is 83.9 cm³/mol. The van der Waals surface area contributed by atoms with Crippen molar-refractivity contribution in [1.29, 1.82) is 0 Å². The highest BCUT2D eigenvalue weighted by Crippen LogP contribution is 2.33. The van der Waals surface area contributed by atoms with Gasteiger partial charge in [-0.2, -0.15) is 0 Å². The van der Waals surface area contributed by atoms with Crippen LogP contribution in [0.5, 0.6) is 5.75 Å². The Labute approximate surface area is 127 Å². The zero-order chi connectivity index (χ0) is 15.5. The molecule has 1 heterocycles. The van der Waals surface area contributed by atoms with Gasteiger partial charge in [-0.1, -0.05) is 18.2 Å². The van der Waals surface area contributed by atoms with Crippen LogP contribution in [0.1, 0.15) is 11.3 Å². The van der Waals surface area contributed by atoms with Gasteiger partial charge in [0.25, 0.3) is 5.69 Å². The largest absolute Gasteiger partial charge is 0.488 e. The topological polar surface area (TPSA) is 65.3 Å². The van der Waals surface area contributed by atoms with Crippen molar-refractivity contribution < 1.29 is 9.66 Å². The SMILES string of the molecule is Cc1cc(COc2ccc([N+](=O)[O-])c3ccccc23)ccn1. The van der Waals surface area contributed by atoms with Crippen molar-refractivity contribution in [2.45, 2.75) is 13.5 Å². The molecule has 0 saturated carbocycles. The van der Waals surface area contributed by atoms with Crippen molar-refractivity contribution in [1.82, 2.24) is 4.98 Å². The van der Waals surface area contributed by atoms with Crippen LogP contribution in [0.2, 0.25) is 0 Å². The summed E-state index contributed by atoms with van der Waals surface area (Å²) in [5, 5.41) is 12.4. The van der Waals surface area contributed by atoms with Crippen LogP contribution in [-0.2, 0) is 6.61 Å². The Hall–Kier alpha value is -2.95. The van der Waals surface area contributed by atoms with Crippen LogP contribution in [0.15, 0.2) is 54.7 Å². The van der Waals surface area contributed by atoms with E-state index in [1.54, 1.807) is 24.4 Å². The molecule has 5 heteroatoms. The van der Waals surface area contributed by atoms with Crippen molar-refractivity contribution in [3.8, 4) is 5.75 Å². The third-order valence-corrected chi connectivity index (χ3v) is 3.41. The van der Waals surface area contributed by atoms with E-state index in [0.29, 0.717) is 17.7 Å². The molecule has 0 N–H and O–H groups in total. The third-order valence-electron chi connectivity index (χ3n) is 3.41. The van der Waals surface area contributed by atoms with E-state index >= 15 is 0 Å². The van der Waals surface area contributed by atoms with Crippen LogP contribution in [-0.4, -0.2) is 9.91 Å². The number of aryl methyl sites for hydroxylation is 1. The smallest absolute Gasteiger partial charge is 0.277 e. The number of nitro groups is 1. The summed E-state index contributed by atoms with van der Waals surface area (Å²) in [5.41, 5.74) is 2.02. The van der Waals surface area contributed by atoms with Gasteiger partial charge < -0.3 is 4.74 Å². The number of non-ortho nitro benzene ring substituents is 1. The molecule has 0 amide bonds. The van der Waals surface area contributed by atoms with Gasteiger partial charge in [0, 0.05) is 23.3 Å². The number of pyridine rings is 1. The Morgan fingerprint density at radius 3 is 2.64 bits per heavy atom. The van der Waals surface area contributed by atoms with Crippen LogP contribution in [0, 0.1) is 17.0 Å². The van der Waals surface area contributed by atoms with Gasteiger partial charge in [0.15, 0.2) is 0 Å². The first-order valence-electron chi connectivity index (χ1n) is 6.85. The zero-order valence-electron chi connectivity index (χ0n) is 12.0. The lowest BCUT2D eigenvalue weighted by Gasteiger charge is -2.10. The number of benzene rings is 2. The molecule has 0 aliphatic rings. The first-order chi connectivity index (χ1) is 10.6. The Bertz CT molecular complexity index is 846. The van der Waals surface area contributed by atoms with E-state index in [4.69, 9.17) is 4.74 Å². The van der Waals surface area contributed by atoms with E-state index in [1.165, 1.54) is 6.07 Å². The lowest BCUT2D eigenvalue weighted by molar-refractivity contribution is -0.383. The molecule has 22 heavy (non-hydrogen) atoms. The van der Waals surface area contributed by atoms with Crippen LogP contribution in [0.3, 0.4) is 0 Å². The number of nitrogens with zero attached hydrogens (tertiary/aromatic N) is 2. The Morgan fingerprint density at radius 1 is 1.14 bits per heavy atom. The van der Waals surface area contributed by atoms with Crippen molar-refractivity contribution in [2.24, 2.45) is 0 Å². The first-order valence-corrected chi connectivity index (χ1v) is 6.85. The zero-order valence-corrected chi connectivity index (χ0v) is 12.0. The number of ether oxygens (including phenoxy) is 1. The average Bonchev–Trinajstić information content (AvgIpc) is 2.52. The molecule has 0 aliphatic heterocycles. The first kappa shape index (κ1) is 14.0. The molecule has 0 radical (unpaired) electrons. The van der Waals surface area contributed by atoms with Crippen LogP contribution >= 0.6 is 0 Å². The summed E-state index contributed by atoms with van der Waals surface area (Å²) >= 11 is 0. The molecule has 3 aromatic rings. The second-order valence-corrected chi connectivity index (χ2v) is 4.98.